The molecule has 0 radical (unpaired) electrons. The molecule has 100 valence electrons. The first-order valence-electron chi connectivity index (χ1n) is 6.46. The fourth-order valence-electron chi connectivity index (χ4n) is 2.39. The van der Waals surface area contributed by atoms with Crippen molar-refractivity contribution in [1.82, 2.24) is 4.98 Å². The summed E-state index contributed by atoms with van der Waals surface area (Å²) in [5.41, 5.74) is 4.93. The molecule has 3 heteroatoms. The first kappa shape index (κ1) is 12.5. The Morgan fingerprint density at radius 2 is 1.90 bits per heavy atom. The summed E-state index contributed by atoms with van der Waals surface area (Å²) < 4.78 is 4.74. The number of nitrogens with one attached hydrogen (secondary N) is 1. The van der Waals surface area contributed by atoms with Crippen molar-refractivity contribution in [3.63, 3.8) is 0 Å². The van der Waals surface area contributed by atoms with Gasteiger partial charge in [-0.15, -0.1) is 0 Å². The summed E-state index contributed by atoms with van der Waals surface area (Å²) in [6.07, 6.45) is 0. The van der Waals surface area contributed by atoms with E-state index in [9.17, 15) is 4.79 Å². The number of hydrogen-bond acceptors (Lipinski definition) is 2. The van der Waals surface area contributed by atoms with E-state index in [1.165, 1.54) is 18.2 Å². The SMILES string of the molecule is COC(=O)c1ccc2cc(-c3ccccc3C)[nH]c2c1. The molecule has 0 aliphatic heterocycles. The molecular weight excluding hydrogens is 250 g/mol. The number of aromatic amines is 1. The molecule has 0 bridgehead atoms. The number of methoxy groups -OCH3 is 1. The fourth-order valence-corrected chi connectivity index (χ4v) is 2.39. The van der Waals surface area contributed by atoms with Crippen molar-refractivity contribution in [2.75, 3.05) is 7.11 Å². The molecule has 0 aliphatic rings. The van der Waals surface area contributed by atoms with E-state index in [0.29, 0.717) is 5.56 Å². The largest absolute Gasteiger partial charge is 0.465 e. The highest BCUT2D eigenvalue weighted by Gasteiger charge is 2.09. The third-order valence-electron chi connectivity index (χ3n) is 3.48. The predicted octanol–water partition coefficient (Wildman–Crippen LogP) is 3.93. The van der Waals surface area contributed by atoms with Crippen molar-refractivity contribution >= 4 is 16.9 Å². The third-order valence-corrected chi connectivity index (χ3v) is 3.48. The van der Waals surface area contributed by atoms with Gasteiger partial charge in [-0.25, -0.2) is 4.79 Å². The van der Waals surface area contributed by atoms with Crippen LogP contribution in [-0.4, -0.2) is 18.1 Å². The molecule has 1 N–H and O–H groups in total. The van der Waals surface area contributed by atoms with Crippen molar-refractivity contribution in [2.45, 2.75) is 6.92 Å². The molecule has 0 saturated heterocycles. The van der Waals surface area contributed by atoms with Crippen LogP contribution in [0, 0.1) is 6.92 Å². The zero-order valence-corrected chi connectivity index (χ0v) is 11.4. The molecule has 0 amide bonds. The molecule has 1 heterocycles. The van der Waals surface area contributed by atoms with Crippen LogP contribution in [0.1, 0.15) is 15.9 Å². The zero-order valence-electron chi connectivity index (χ0n) is 11.4. The molecule has 2 aromatic carbocycles. The highest BCUT2D eigenvalue weighted by atomic mass is 16.5. The summed E-state index contributed by atoms with van der Waals surface area (Å²) in [6, 6.07) is 15.8. The minimum Gasteiger partial charge on any atom is -0.465 e. The van der Waals surface area contributed by atoms with Crippen molar-refractivity contribution < 1.29 is 9.53 Å². The Morgan fingerprint density at radius 3 is 2.65 bits per heavy atom. The molecule has 3 aromatic rings. The average molecular weight is 265 g/mol. The lowest BCUT2D eigenvalue weighted by molar-refractivity contribution is 0.0601. The second kappa shape index (κ2) is 4.85. The summed E-state index contributed by atoms with van der Waals surface area (Å²) in [5.74, 6) is -0.320. The number of benzene rings is 2. The van der Waals surface area contributed by atoms with Crippen molar-refractivity contribution in [3.8, 4) is 11.3 Å². The zero-order chi connectivity index (χ0) is 14.1. The van der Waals surface area contributed by atoms with Gasteiger partial charge < -0.3 is 9.72 Å². The van der Waals surface area contributed by atoms with Crippen molar-refractivity contribution in [1.29, 1.82) is 0 Å². The number of ether oxygens (including phenoxy) is 1. The van der Waals surface area contributed by atoms with E-state index >= 15 is 0 Å². The van der Waals surface area contributed by atoms with Crippen LogP contribution in [0.5, 0.6) is 0 Å². The van der Waals surface area contributed by atoms with E-state index in [1.807, 2.05) is 24.3 Å². The summed E-state index contributed by atoms with van der Waals surface area (Å²) in [5, 5.41) is 1.08. The number of carbonyl (C=O) groups excluding carboxylic acids is 1. The van der Waals surface area contributed by atoms with Crippen LogP contribution >= 0.6 is 0 Å². The summed E-state index contributed by atoms with van der Waals surface area (Å²) in [7, 11) is 1.39. The molecule has 3 nitrogen and oxygen atoms in total. The fraction of sp³-hybridized carbons (Fsp3) is 0.118. The second-order valence-corrected chi connectivity index (χ2v) is 4.79. The quantitative estimate of drug-likeness (QED) is 0.713. The molecule has 0 atom stereocenters. The Balaban J connectivity index is 2.12. The van der Waals surface area contributed by atoms with Crippen LogP contribution in [0.25, 0.3) is 22.2 Å². The maximum atomic E-state index is 11.6. The Bertz CT molecular complexity index is 787. The summed E-state index contributed by atoms with van der Waals surface area (Å²) in [4.78, 5) is 14.9. The lowest BCUT2D eigenvalue weighted by atomic mass is 10.1. The minimum absolute atomic E-state index is 0.320. The monoisotopic (exact) mass is 265 g/mol. The third kappa shape index (κ3) is 2.07. The predicted molar refractivity (Wildman–Crippen MR) is 79.8 cm³/mol. The topological polar surface area (TPSA) is 42.1 Å². The highest BCUT2D eigenvalue weighted by Crippen LogP contribution is 2.27. The van der Waals surface area contributed by atoms with Gasteiger partial charge in [0, 0.05) is 22.2 Å². The standard InChI is InChI=1S/C17H15NO2/c1-11-5-3-4-6-14(11)16-9-12-7-8-13(17(19)20-2)10-15(12)18-16/h3-10,18H,1-2H3. The number of fused-ring (bicyclic) bond motifs is 1. The van der Waals surface area contributed by atoms with E-state index in [1.54, 1.807) is 6.07 Å². The van der Waals surface area contributed by atoms with Gasteiger partial charge >= 0.3 is 5.97 Å². The van der Waals surface area contributed by atoms with Crippen LogP contribution < -0.4 is 0 Å². The van der Waals surface area contributed by atoms with E-state index in [4.69, 9.17) is 4.74 Å². The van der Waals surface area contributed by atoms with E-state index in [2.05, 4.69) is 30.1 Å². The molecule has 0 spiro atoms. The summed E-state index contributed by atoms with van der Waals surface area (Å²) >= 11 is 0. The van der Waals surface area contributed by atoms with Crippen LogP contribution in [0.3, 0.4) is 0 Å². The normalized spacial score (nSPS) is 10.7. The number of H-pyrrole nitrogens is 1. The molecule has 3 rings (SSSR count). The van der Waals surface area contributed by atoms with Crippen LogP contribution in [0.2, 0.25) is 0 Å². The van der Waals surface area contributed by atoms with Crippen molar-refractivity contribution in [2.24, 2.45) is 0 Å². The van der Waals surface area contributed by atoms with E-state index < -0.39 is 0 Å². The maximum Gasteiger partial charge on any atom is 0.337 e. The Labute approximate surface area is 117 Å². The van der Waals surface area contributed by atoms with Gasteiger partial charge in [0.05, 0.1) is 12.7 Å². The van der Waals surface area contributed by atoms with Gasteiger partial charge in [-0.05, 0) is 30.7 Å². The average Bonchev–Trinajstić information content (AvgIpc) is 2.89. The molecule has 20 heavy (non-hydrogen) atoms. The van der Waals surface area contributed by atoms with Crippen LogP contribution in [-0.2, 0) is 4.74 Å². The Kier molecular flexibility index (Phi) is 3.03. The number of rotatable bonds is 2. The number of carbonyl (C=O) groups is 1. The molecule has 0 saturated carbocycles. The van der Waals surface area contributed by atoms with Gasteiger partial charge in [0.2, 0.25) is 0 Å². The smallest absolute Gasteiger partial charge is 0.337 e. The maximum absolute atomic E-state index is 11.6. The number of hydrogen-bond donors (Lipinski definition) is 1. The number of esters is 1. The second-order valence-electron chi connectivity index (χ2n) is 4.79. The number of aryl methyl sites for hydroxylation is 1. The van der Waals surface area contributed by atoms with Gasteiger partial charge in [-0.2, -0.15) is 0 Å². The Morgan fingerprint density at radius 1 is 1.10 bits per heavy atom. The van der Waals surface area contributed by atoms with Gasteiger partial charge in [0.1, 0.15) is 0 Å². The lowest BCUT2D eigenvalue weighted by Crippen LogP contribution is -2.00. The number of aromatic nitrogens is 1. The molecule has 0 aliphatic carbocycles. The molecule has 0 fully saturated rings. The molecular formula is C17H15NO2. The van der Waals surface area contributed by atoms with Crippen LogP contribution in [0.4, 0.5) is 0 Å². The molecule has 0 unspecified atom stereocenters. The van der Waals surface area contributed by atoms with Crippen LogP contribution in [0.15, 0.2) is 48.5 Å². The van der Waals surface area contributed by atoms with E-state index in [-0.39, 0.29) is 5.97 Å². The highest BCUT2D eigenvalue weighted by molar-refractivity contribution is 5.95. The Hall–Kier alpha value is -2.55. The van der Waals surface area contributed by atoms with Gasteiger partial charge in [0.25, 0.3) is 0 Å². The van der Waals surface area contributed by atoms with Gasteiger partial charge in [-0.1, -0.05) is 30.3 Å². The van der Waals surface area contributed by atoms with E-state index in [0.717, 1.165) is 16.6 Å². The van der Waals surface area contributed by atoms with Gasteiger partial charge in [0.15, 0.2) is 0 Å². The van der Waals surface area contributed by atoms with Crippen molar-refractivity contribution in [3.05, 3.63) is 59.7 Å². The summed E-state index contributed by atoms with van der Waals surface area (Å²) in [6.45, 7) is 2.08. The minimum atomic E-state index is -0.320. The lowest BCUT2D eigenvalue weighted by Gasteiger charge is -2.01. The first-order valence-corrected chi connectivity index (χ1v) is 6.46. The van der Waals surface area contributed by atoms with Gasteiger partial charge in [-0.3, -0.25) is 0 Å². The molecule has 1 aromatic heterocycles. The first-order chi connectivity index (χ1) is 9.69.